The van der Waals surface area contributed by atoms with Gasteiger partial charge in [0.25, 0.3) is 11.8 Å². The van der Waals surface area contributed by atoms with E-state index in [1.54, 1.807) is 24.3 Å². The molecular formula is C18H9BrClF3N2O3. The van der Waals surface area contributed by atoms with Crippen molar-refractivity contribution in [1.29, 1.82) is 0 Å². The third kappa shape index (κ3) is 2.99. The molecule has 4 rings (SSSR count). The van der Waals surface area contributed by atoms with Gasteiger partial charge in [-0.15, -0.1) is 0 Å². The van der Waals surface area contributed by atoms with Crippen molar-refractivity contribution < 1.29 is 27.6 Å². The van der Waals surface area contributed by atoms with Crippen molar-refractivity contribution in [2.75, 3.05) is 4.90 Å². The molecule has 2 aromatic rings. The minimum atomic E-state index is -4.73. The van der Waals surface area contributed by atoms with Crippen LogP contribution >= 0.6 is 27.5 Å². The summed E-state index contributed by atoms with van der Waals surface area (Å²) in [4.78, 5) is 31.5. The van der Waals surface area contributed by atoms with Crippen LogP contribution in [0, 0.1) is 0 Å². The zero-order valence-electron chi connectivity index (χ0n) is 13.7. The number of alkyl halides is 3. The fourth-order valence-electron chi connectivity index (χ4n) is 3.04. The first-order valence-corrected chi connectivity index (χ1v) is 9.02. The number of nitrogens with one attached hydrogen (secondary N) is 1. The van der Waals surface area contributed by atoms with Crippen LogP contribution < -0.4 is 10.4 Å². The number of nitrogens with zero attached hydrogens (tertiary/aromatic N) is 1. The molecule has 0 aliphatic carbocycles. The SMILES string of the molecule is O=C1C2=C(c3ccc(Br)cc3)NO[C@@H]2C(=O)N1c1ccc(Cl)c(C(F)(F)F)c1. The molecule has 144 valence electrons. The van der Waals surface area contributed by atoms with Crippen LogP contribution in [0.5, 0.6) is 0 Å². The number of hydrogen-bond donors (Lipinski definition) is 1. The molecule has 2 heterocycles. The highest BCUT2D eigenvalue weighted by atomic mass is 79.9. The largest absolute Gasteiger partial charge is 0.417 e. The lowest BCUT2D eigenvalue weighted by Crippen LogP contribution is -2.34. The van der Waals surface area contributed by atoms with Gasteiger partial charge in [0.05, 0.1) is 27.5 Å². The third-order valence-corrected chi connectivity index (χ3v) is 5.19. The van der Waals surface area contributed by atoms with E-state index in [0.717, 1.165) is 10.5 Å². The smallest absolute Gasteiger partial charge is 0.270 e. The van der Waals surface area contributed by atoms with E-state index >= 15 is 0 Å². The Balaban J connectivity index is 1.78. The summed E-state index contributed by atoms with van der Waals surface area (Å²) in [5.41, 5.74) is 2.13. The zero-order valence-corrected chi connectivity index (χ0v) is 16.0. The van der Waals surface area contributed by atoms with Gasteiger partial charge in [0, 0.05) is 10.0 Å². The molecule has 28 heavy (non-hydrogen) atoms. The van der Waals surface area contributed by atoms with E-state index in [1.807, 2.05) is 0 Å². The lowest BCUT2D eigenvalue weighted by molar-refractivity contribution is -0.137. The number of carbonyl (C=O) groups is 2. The van der Waals surface area contributed by atoms with E-state index in [-0.39, 0.29) is 11.3 Å². The van der Waals surface area contributed by atoms with Crippen molar-refractivity contribution >= 4 is 50.7 Å². The Morgan fingerprint density at radius 3 is 2.43 bits per heavy atom. The molecule has 0 unspecified atom stereocenters. The number of rotatable bonds is 2. The molecule has 0 spiro atoms. The quantitative estimate of drug-likeness (QED) is 0.661. The first-order valence-electron chi connectivity index (χ1n) is 7.85. The van der Waals surface area contributed by atoms with Gasteiger partial charge in [-0.3, -0.25) is 19.9 Å². The van der Waals surface area contributed by atoms with Gasteiger partial charge in [0.15, 0.2) is 6.10 Å². The number of fused-ring (bicyclic) bond motifs is 1. The molecule has 2 aliphatic heterocycles. The van der Waals surface area contributed by atoms with E-state index in [9.17, 15) is 22.8 Å². The van der Waals surface area contributed by atoms with Crippen LogP contribution in [0.15, 0.2) is 52.5 Å². The van der Waals surface area contributed by atoms with E-state index in [2.05, 4.69) is 21.4 Å². The van der Waals surface area contributed by atoms with Crippen molar-refractivity contribution in [3.8, 4) is 0 Å². The molecule has 1 fully saturated rings. The molecule has 0 aromatic heterocycles. The second kappa shape index (κ2) is 6.61. The van der Waals surface area contributed by atoms with E-state index in [4.69, 9.17) is 16.4 Å². The molecular weight excluding hydrogens is 465 g/mol. The Labute approximate surface area is 169 Å². The Hall–Kier alpha value is -2.36. The van der Waals surface area contributed by atoms with Gasteiger partial charge < -0.3 is 0 Å². The van der Waals surface area contributed by atoms with Gasteiger partial charge in [-0.25, -0.2) is 4.90 Å². The normalized spacial score (nSPS) is 19.3. The number of benzene rings is 2. The van der Waals surface area contributed by atoms with Crippen molar-refractivity contribution in [3.63, 3.8) is 0 Å². The molecule has 2 aliphatic rings. The van der Waals surface area contributed by atoms with Crippen LogP contribution in [0.25, 0.3) is 5.70 Å². The average molecular weight is 474 g/mol. The number of anilines is 1. The number of hydroxylamine groups is 1. The van der Waals surface area contributed by atoms with Crippen LogP contribution in [-0.4, -0.2) is 17.9 Å². The number of imide groups is 1. The number of carbonyl (C=O) groups excluding carboxylic acids is 2. The van der Waals surface area contributed by atoms with Crippen molar-refractivity contribution in [3.05, 3.63) is 68.7 Å². The van der Waals surface area contributed by atoms with Gasteiger partial charge in [-0.05, 0) is 30.3 Å². The Kier molecular flexibility index (Phi) is 4.48. The average Bonchev–Trinajstić information content (AvgIpc) is 3.16. The lowest BCUT2D eigenvalue weighted by atomic mass is 10.1. The third-order valence-electron chi connectivity index (χ3n) is 4.33. The highest BCUT2D eigenvalue weighted by molar-refractivity contribution is 9.10. The fourth-order valence-corrected chi connectivity index (χ4v) is 3.53. The van der Waals surface area contributed by atoms with E-state index < -0.39 is 34.7 Å². The highest BCUT2D eigenvalue weighted by Crippen LogP contribution is 2.40. The minimum Gasteiger partial charge on any atom is -0.270 e. The van der Waals surface area contributed by atoms with Crippen LogP contribution in [0.3, 0.4) is 0 Å². The summed E-state index contributed by atoms with van der Waals surface area (Å²) in [5, 5.41) is -0.525. The standard InChI is InChI=1S/C18H9BrClF3N2O3/c19-9-3-1-8(2-4-9)14-13-15(28-24-14)17(27)25(16(13)26)10-5-6-12(20)11(7-10)18(21,22)23/h1-7,15,24H/t15-/m0/s1. The second-order valence-corrected chi connectivity index (χ2v) is 7.36. The summed E-state index contributed by atoms with van der Waals surface area (Å²) in [6.07, 6.45) is -5.97. The first kappa shape index (κ1) is 19.0. The number of hydrogen-bond acceptors (Lipinski definition) is 4. The number of amides is 2. The molecule has 2 amide bonds. The van der Waals surface area contributed by atoms with Gasteiger partial charge in [0.1, 0.15) is 0 Å². The molecule has 0 bridgehead atoms. The van der Waals surface area contributed by atoms with Gasteiger partial charge >= 0.3 is 6.18 Å². The van der Waals surface area contributed by atoms with E-state index in [1.165, 1.54) is 6.07 Å². The molecule has 0 saturated carbocycles. The first-order chi connectivity index (χ1) is 13.2. The van der Waals surface area contributed by atoms with Crippen LogP contribution in [0.1, 0.15) is 11.1 Å². The Morgan fingerprint density at radius 2 is 1.79 bits per heavy atom. The van der Waals surface area contributed by atoms with Gasteiger partial charge in [-0.2, -0.15) is 13.2 Å². The summed E-state index contributed by atoms with van der Waals surface area (Å²) in [7, 11) is 0. The predicted molar refractivity (Wildman–Crippen MR) is 98.0 cm³/mol. The summed E-state index contributed by atoms with van der Waals surface area (Å²) >= 11 is 8.92. The maximum atomic E-state index is 13.1. The fraction of sp³-hybridized carbons (Fsp3) is 0.111. The maximum Gasteiger partial charge on any atom is 0.417 e. The Morgan fingerprint density at radius 1 is 1.11 bits per heavy atom. The number of halogens is 5. The molecule has 5 nitrogen and oxygen atoms in total. The summed E-state index contributed by atoms with van der Waals surface area (Å²) in [6.45, 7) is 0. The Bertz CT molecular complexity index is 1040. The molecule has 0 radical (unpaired) electrons. The van der Waals surface area contributed by atoms with Crippen molar-refractivity contribution in [1.82, 2.24) is 5.48 Å². The lowest BCUT2D eigenvalue weighted by Gasteiger charge is -2.18. The van der Waals surface area contributed by atoms with Gasteiger partial charge in [-0.1, -0.05) is 39.7 Å². The topological polar surface area (TPSA) is 58.6 Å². The molecule has 2 aromatic carbocycles. The van der Waals surface area contributed by atoms with E-state index in [0.29, 0.717) is 22.2 Å². The summed E-state index contributed by atoms with van der Waals surface area (Å²) < 4.78 is 40.2. The maximum absolute atomic E-state index is 13.1. The highest BCUT2D eigenvalue weighted by Gasteiger charge is 2.51. The zero-order chi connectivity index (χ0) is 20.2. The predicted octanol–water partition coefficient (Wildman–Crippen LogP) is 4.31. The summed E-state index contributed by atoms with van der Waals surface area (Å²) in [5.74, 6) is -1.54. The molecule has 1 atom stereocenters. The molecule has 1 saturated heterocycles. The van der Waals surface area contributed by atoms with Crippen molar-refractivity contribution in [2.45, 2.75) is 12.3 Å². The van der Waals surface area contributed by atoms with Crippen LogP contribution in [-0.2, 0) is 20.6 Å². The summed E-state index contributed by atoms with van der Waals surface area (Å²) in [6, 6.07) is 9.74. The monoisotopic (exact) mass is 472 g/mol. The van der Waals surface area contributed by atoms with Crippen molar-refractivity contribution in [2.24, 2.45) is 0 Å². The van der Waals surface area contributed by atoms with Crippen LogP contribution in [0.4, 0.5) is 18.9 Å². The minimum absolute atomic E-state index is 0.0378. The van der Waals surface area contributed by atoms with Gasteiger partial charge in [0.2, 0.25) is 0 Å². The molecule has 10 heteroatoms. The van der Waals surface area contributed by atoms with Crippen LogP contribution in [0.2, 0.25) is 5.02 Å². The second-order valence-electron chi connectivity index (χ2n) is 6.04. The molecule has 1 N–H and O–H groups in total.